The molecule has 1 unspecified atom stereocenters. The molecule has 1 N–H and O–H groups in total. The number of aryl methyl sites for hydroxylation is 1. The summed E-state index contributed by atoms with van der Waals surface area (Å²) in [7, 11) is 1.97. The Bertz CT molecular complexity index is 965. The molecule has 0 fully saturated rings. The minimum atomic E-state index is -0.382. The van der Waals surface area contributed by atoms with Crippen molar-refractivity contribution in [2.75, 3.05) is 6.54 Å². The smallest absolute Gasteiger partial charge is 0.318 e. The number of urea groups is 1. The van der Waals surface area contributed by atoms with Gasteiger partial charge in [0.05, 0.1) is 24.6 Å². The van der Waals surface area contributed by atoms with Gasteiger partial charge in [-0.05, 0) is 31.2 Å². The lowest BCUT2D eigenvalue weighted by Crippen LogP contribution is -2.44. The van der Waals surface area contributed by atoms with E-state index >= 15 is 0 Å². The van der Waals surface area contributed by atoms with Crippen molar-refractivity contribution >= 4 is 17.6 Å². The first kappa shape index (κ1) is 17.5. The van der Waals surface area contributed by atoms with Crippen LogP contribution in [0, 0.1) is 0 Å². The SMILES string of the molecule is CC(NC(=O)N1CCc2c(ncn2C)C1)c1noc(-c2ccc(Cl)cc2)n1. The number of halogens is 1. The van der Waals surface area contributed by atoms with Crippen LogP contribution in [0.25, 0.3) is 11.5 Å². The number of hydrogen-bond donors (Lipinski definition) is 1. The number of amides is 2. The molecule has 2 aromatic heterocycles. The van der Waals surface area contributed by atoms with Crippen molar-refractivity contribution in [3.05, 3.63) is 52.8 Å². The zero-order chi connectivity index (χ0) is 19.0. The van der Waals surface area contributed by atoms with Crippen molar-refractivity contribution in [2.45, 2.75) is 25.9 Å². The first-order chi connectivity index (χ1) is 13.0. The third-order valence-electron chi connectivity index (χ3n) is 4.65. The molecule has 0 saturated heterocycles. The van der Waals surface area contributed by atoms with Crippen LogP contribution in [0.2, 0.25) is 5.02 Å². The minimum Gasteiger partial charge on any atom is -0.337 e. The summed E-state index contributed by atoms with van der Waals surface area (Å²) < 4.78 is 7.31. The Labute approximate surface area is 161 Å². The van der Waals surface area contributed by atoms with Gasteiger partial charge in [0.1, 0.15) is 0 Å². The third kappa shape index (κ3) is 3.52. The van der Waals surface area contributed by atoms with Crippen molar-refractivity contribution < 1.29 is 9.32 Å². The van der Waals surface area contributed by atoms with Gasteiger partial charge in [-0.25, -0.2) is 9.78 Å². The van der Waals surface area contributed by atoms with Crippen molar-refractivity contribution in [1.29, 1.82) is 0 Å². The molecule has 1 atom stereocenters. The summed E-state index contributed by atoms with van der Waals surface area (Å²) in [4.78, 5) is 23.1. The number of aromatic nitrogens is 4. The van der Waals surface area contributed by atoms with Crippen LogP contribution >= 0.6 is 11.6 Å². The summed E-state index contributed by atoms with van der Waals surface area (Å²) in [5, 5.41) is 7.54. The molecule has 9 heteroatoms. The van der Waals surface area contributed by atoms with E-state index in [2.05, 4.69) is 20.4 Å². The quantitative estimate of drug-likeness (QED) is 0.747. The molecule has 0 radical (unpaired) electrons. The highest BCUT2D eigenvalue weighted by Gasteiger charge is 2.25. The normalized spacial score (nSPS) is 14.7. The highest BCUT2D eigenvalue weighted by Crippen LogP contribution is 2.22. The second kappa shape index (κ2) is 7.03. The molecule has 3 aromatic rings. The van der Waals surface area contributed by atoms with Gasteiger partial charge in [-0.15, -0.1) is 0 Å². The Hall–Kier alpha value is -2.87. The number of carbonyl (C=O) groups excluding carboxylic acids is 1. The molecule has 0 bridgehead atoms. The fourth-order valence-corrected chi connectivity index (χ4v) is 3.22. The molecule has 0 saturated carbocycles. The number of benzene rings is 1. The van der Waals surface area contributed by atoms with E-state index in [4.69, 9.17) is 16.1 Å². The summed E-state index contributed by atoms with van der Waals surface area (Å²) in [5.41, 5.74) is 2.89. The van der Waals surface area contributed by atoms with Crippen molar-refractivity contribution in [2.24, 2.45) is 7.05 Å². The molecule has 1 aliphatic heterocycles. The van der Waals surface area contributed by atoms with Gasteiger partial charge >= 0.3 is 6.03 Å². The molecule has 4 rings (SSSR count). The number of rotatable bonds is 3. The second-order valence-corrected chi connectivity index (χ2v) is 6.99. The Kier molecular flexibility index (Phi) is 4.57. The fraction of sp³-hybridized carbons (Fsp3) is 0.333. The topological polar surface area (TPSA) is 89.1 Å². The standard InChI is InChI=1S/C18H19ClN6O2/c1-11(16-22-17(27-23-16)12-3-5-13(19)6-4-12)21-18(26)25-8-7-15-14(9-25)20-10-24(15)2/h3-6,10-11H,7-9H2,1-2H3,(H,21,26). The molecular weight excluding hydrogens is 368 g/mol. The van der Waals surface area contributed by atoms with Crippen LogP contribution in [-0.2, 0) is 20.0 Å². The van der Waals surface area contributed by atoms with E-state index in [9.17, 15) is 4.79 Å². The number of carbonyl (C=O) groups is 1. The Balaban J connectivity index is 1.41. The summed E-state index contributed by atoms with van der Waals surface area (Å²) in [6, 6.07) is 6.58. The second-order valence-electron chi connectivity index (χ2n) is 6.56. The fourth-order valence-electron chi connectivity index (χ4n) is 3.09. The summed E-state index contributed by atoms with van der Waals surface area (Å²) in [5.74, 6) is 0.808. The van der Waals surface area contributed by atoms with E-state index in [0.717, 1.165) is 17.7 Å². The van der Waals surface area contributed by atoms with Crippen LogP contribution in [0.5, 0.6) is 0 Å². The van der Waals surface area contributed by atoms with Crippen molar-refractivity contribution in [3.63, 3.8) is 0 Å². The number of hydrogen-bond acceptors (Lipinski definition) is 5. The first-order valence-electron chi connectivity index (χ1n) is 8.65. The average Bonchev–Trinajstić information content (AvgIpc) is 3.30. The van der Waals surface area contributed by atoms with E-state index in [0.29, 0.717) is 29.8 Å². The minimum absolute atomic E-state index is 0.170. The van der Waals surface area contributed by atoms with E-state index in [-0.39, 0.29) is 12.1 Å². The number of fused-ring (bicyclic) bond motifs is 1. The molecule has 3 heterocycles. The van der Waals surface area contributed by atoms with Crippen LogP contribution in [0.15, 0.2) is 35.1 Å². The molecule has 1 aliphatic rings. The number of imidazole rings is 1. The Morgan fingerprint density at radius 3 is 2.89 bits per heavy atom. The molecule has 0 aliphatic carbocycles. The van der Waals surface area contributed by atoms with Crippen molar-refractivity contribution in [1.82, 2.24) is 29.9 Å². The molecule has 2 amide bonds. The van der Waals surface area contributed by atoms with Gasteiger partial charge in [0.15, 0.2) is 5.82 Å². The van der Waals surface area contributed by atoms with Crippen LogP contribution in [0.1, 0.15) is 30.2 Å². The van der Waals surface area contributed by atoms with Crippen molar-refractivity contribution in [3.8, 4) is 11.5 Å². The zero-order valence-electron chi connectivity index (χ0n) is 15.0. The maximum Gasteiger partial charge on any atom is 0.318 e. The molecule has 1 aromatic carbocycles. The van der Waals surface area contributed by atoms with Gasteiger partial charge in [-0.2, -0.15) is 4.98 Å². The van der Waals surface area contributed by atoms with Gasteiger partial charge in [0.25, 0.3) is 5.89 Å². The summed E-state index contributed by atoms with van der Waals surface area (Å²) >= 11 is 5.89. The van der Waals surface area contributed by atoms with Crippen LogP contribution in [0.4, 0.5) is 4.79 Å². The van der Waals surface area contributed by atoms with Gasteiger partial charge in [0.2, 0.25) is 0 Å². The van der Waals surface area contributed by atoms with Gasteiger partial charge in [0, 0.05) is 36.3 Å². The van der Waals surface area contributed by atoms with Gasteiger partial charge in [-0.1, -0.05) is 16.8 Å². The van der Waals surface area contributed by atoms with Gasteiger partial charge in [-0.3, -0.25) is 0 Å². The van der Waals surface area contributed by atoms with E-state index in [1.54, 1.807) is 35.5 Å². The summed E-state index contributed by atoms with van der Waals surface area (Å²) in [6.07, 6.45) is 2.57. The maximum absolute atomic E-state index is 12.6. The largest absolute Gasteiger partial charge is 0.337 e. The molecule has 27 heavy (non-hydrogen) atoms. The van der Waals surface area contributed by atoms with Gasteiger partial charge < -0.3 is 19.3 Å². The predicted molar refractivity (Wildman–Crippen MR) is 99.0 cm³/mol. The monoisotopic (exact) mass is 386 g/mol. The van der Waals surface area contributed by atoms with E-state index < -0.39 is 0 Å². The Morgan fingerprint density at radius 1 is 1.33 bits per heavy atom. The maximum atomic E-state index is 12.6. The highest BCUT2D eigenvalue weighted by molar-refractivity contribution is 6.30. The zero-order valence-corrected chi connectivity index (χ0v) is 15.8. The third-order valence-corrected chi connectivity index (χ3v) is 4.90. The molecular formula is C18H19ClN6O2. The number of nitrogens with one attached hydrogen (secondary N) is 1. The van der Waals surface area contributed by atoms with Crippen LogP contribution in [0.3, 0.4) is 0 Å². The molecule has 140 valence electrons. The molecule has 0 spiro atoms. The average molecular weight is 387 g/mol. The lowest BCUT2D eigenvalue weighted by Gasteiger charge is -2.27. The lowest BCUT2D eigenvalue weighted by molar-refractivity contribution is 0.187. The van der Waals surface area contributed by atoms with Crippen LogP contribution < -0.4 is 5.32 Å². The predicted octanol–water partition coefficient (Wildman–Crippen LogP) is 2.95. The number of nitrogens with zero attached hydrogens (tertiary/aromatic N) is 5. The lowest BCUT2D eigenvalue weighted by atomic mass is 10.1. The van der Waals surface area contributed by atoms with Crippen LogP contribution in [-0.4, -0.2) is 37.2 Å². The first-order valence-corrected chi connectivity index (χ1v) is 9.03. The summed E-state index contributed by atoms with van der Waals surface area (Å²) in [6.45, 7) is 2.97. The van der Waals surface area contributed by atoms with E-state index in [1.807, 2.05) is 18.5 Å². The highest BCUT2D eigenvalue weighted by atomic mass is 35.5. The molecule has 8 nitrogen and oxygen atoms in total. The Morgan fingerprint density at radius 2 is 2.11 bits per heavy atom. The van der Waals surface area contributed by atoms with E-state index in [1.165, 1.54) is 5.69 Å².